The van der Waals surface area contributed by atoms with Crippen LogP contribution in [-0.2, 0) is 13.6 Å². The molecule has 0 atom stereocenters. The van der Waals surface area contributed by atoms with Crippen molar-refractivity contribution in [1.82, 2.24) is 9.88 Å². The fraction of sp³-hybridized carbons (Fsp3) is 0.0909. The molecule has 0 unspecified atom stereocenters. The lowest BCUT2D eigenvalue weighted by Crippen LogP contribution is -2.31. The first-order valence-corrected chi connectivity index (χ1v) is 8.78. The third-order valence-electron chi connectivity index (χ3n) is 4.96. The number of carbonyl (C=O) groups is 1. The summed E-state index contributed by atoms with van der Waals surface area (Å²) in [4.78, 5) is 12.1. The van der Waals surface area contributed by atoms with Crippen molar-refractivity contribution in [2.75, 3.05) is 0 Å². The maximum Gasteiger partial charge on any atom is 0.251 e. The van der Waals surface area contributed by atoms with Gasteiger partial charge in [-0.05, 0) is 28.5 Å². The Bertz CT molecular complexity index is 1230. The molecule has 0 aliphatic rings. The molecule has 0 fully saturated rings. The number of benzene rings is 2. The van der Waals surface area contributed by atoms with Gasteiger partial charge in [-0.25, -0.2) is 0 Å². The summed E-state index contributed by atoms with van der Waals surface area (Å²) in [6.45, 7) is 0.238. The van der Waals surface area contributed by atoms with Gasteiger partial charge in [0, 0.05) is 23.5 Å². The molecule has 0 saturated carbocycles. The van der Waals surface area contributed by atoms with Crippen molar-refractivity contribution in [3.05, 3.63) is 71.9 Å². The number of aromatic nitrogens is 1. The second-order valence-electron chi connectivity index (χ2n) is 6.62. The van der Waals surface area contributed by atoms with Crippen LogP contribution in [0.3, 0.4) is 0 Å². The van der Waals surface area contributed by atoms with Gasteiger partial charge in [0.15, 0.2) is 5.96 Å². The number of nitrogens with two attached hydrogens (primary N) is 2. The highest BCUT2D eigenvalue weighted by Crippen LogP contribution is 2.32. The van der Waals surface area contributed by atoms with Gasteiger partial charge in [-0.3, -0.25) is 10.2 Å². The van der Waals surface area contributed by atoms with Crippen molar-refractivity contribution < 1.29 is 4.79 Å². The Kier molecular flexibility index (Phi) is 4.13. The van der Waals surface area contributed by atoms with E-state index in [0.717, 1.165) is 32.8 Å². The summed E-state index contributed by atoms with van der Waals surface area (Å²) >= 11 is 0. The minimum atomic E-state index is -0.510. The second-order valence-corrected chi connectivity index (χ2v) is 6.62. The molecule has 1 aromatic heterocycles. The van der Waals surface area contributed by atoms with Crippen molar-refractivity contribution in [3.8, 4) is 11.1 Å². The zero-order valence-corrected chi connectivity index (χ0v) is 15.3. The minimum absolute atomic E-state index is 0.165. The molecule has 0 aliphatic carbocycles. The summed E-state index contributed by atoms with van der Waals surface area (Å²) in [7, 11) is 1.87. The number of guanidine groups is 1. The van der Waals surface area contributed by atoms with Crippen molar-refractivity contribution in [1.29, 1.82) is 5.41 Å². The highest BCUT2D eigenvalue weighted by atomic mass is 16.1. The number of primary amides is 1. The molecule has 0 radical (unpaired) electrons. The maximum atomic E-state index is 12.1. The van der Waals surface area contributed by atoms with E-state index < -0.39 is 5.91 Å². The molecule has 0 spiro atoms. The summed E-state index contributed by atoms with van der Waals surface area (Å²) in [5.74, 6) is -0.675. The van der Waals surface area contributed by atoms with Gasteiger partial charge in [0.25, 0.3) is 5.91 Å². The van der Waals surface area contributed by atoms with Crippen LogP contribution in [0.5, 0.6) is 0 Å². The summed E-state index contributed by atoms with van der Waals surface area (Å²) in [6, 6.07) is 22.2. The Balaban J connectivity index is 1.93. The number of fused-ring (bicyclic) bond motifs is 2. The van der Waals surface area contributed by atoms with Crippen molar-refractivity contribution in [3.63, 3.8) is 0 Å². The van der Waals surface area contributed by atoms with Crippen LogP contribution in [0.1, 0.15) is 16.1 Å². The largest absolute Gasteiger partial charge is 0.370 e. The minimum Gasteiger partial charge on any atom is -0.370 e. The number of carbonyl (C=O) groups excluding carboxylic acids is 1. The first-order valence-electron chi connectivity index (χ1n) is 8.78. The fourth-order valence-electron chi connectivity index (χ4n) is 3.64. The third kappa shape index (κ3) is 2.79. The van der Waals surface area contributed by atoms with Crippen molar-refractivity contribution >= 4 is 33.5 Å². The van der Waals surface area contributed by atoms with Crippen LogP contribution in [0.2, 0.25) is 0 Å². The van der Waals surface area contributed by atoms with Crippen LogP contribution in [0.15, 0.2) is 48.5 Å². The quantitative estimate of drug-likeness (QED) is 0.328. The number of hydrogen-bond donors (Lipinski definition) is 4. The average Bonchev–Trinajstić information content (AvgIpc) is 2.97. The van der Waals surface area contributed by atoms with E-state index in [9.17, 15) is 4.79 Å². The molecule has 0 aliphatic heterocycles. The Labute approximate surface area is 162 Å². The Hall–Kier alpha value is -3.98. The van der Waals surface area contributed by atoms with E-state index in [-0.39, 0.29) is 12.5 Å². The molecule has 4 aromatic rings. The lowest BCUT2D eigenvalue weighted by Gasteiger charge is -2.08. The molecule has 4 rings (SSSR count). The normalized spacial score (nSPS) is 10.8. The molecule has 1 amide bonds. The zero-order chi connectivity index (χ0) is 19.8. The lowest BCUT2D eigenvalue weighted by atomic mass is 9.98. The van der Waals surface area contributed by atoms with E-state index >= 15 is 0 Å². The predicted molar refractivity (Wildman–Crippen MR) is 111 cm³/mol. The topological polar surface area (TPSA) is 110 Å². The lowest BCUT2D eigenvalue weighted by molar-refractivity contribution is 0.100. The van der Waals surface area contributed by atoms with Gasteiger partial charge in [-0.2, -0.15) is 0 Å². The zero-order valence-electron chi connectivity index (χ0n) is 15.3. The van der Waals surface area contributed by atoms with E-state index in [2.05, 4.69) is 23.5 Å². The number of amides is 1. The standard InChI is InChI=1S/C22H19N5O/c1-27-18-11-14(16-8-4-6-13-5-2-3-7-15(13)16)9-10-17(18)20(21(23)28)19(27)12-26-22(24)25/h2-3,5-7,9-11H,12H2,1H3,(H2,23,28)(H4,24,25,26). The van der Waals surface area contributed by atoms with E-state index in [1.54, 1.807) is 0 Å². The predicted octanol–water partition coefficient (Wildman–Crippen LogP) is 2.68. The third-order valence-corrected chi connectivity index (χ3v) is 4.96. The second kappa shape index (κ2) is 6.63. The first kappa shape index (κ1) is 17.4. The molecule has 1 heterocycles. The van der Waals surface area contributed by atoms with Gasteiger partial charge in [-0.1, -0.05) is 48.5 Å². The summed E-state index contributed by atoms with van der Waals surface area (Å²) in [5, 5.41) is 13.1. The summed E-state index contributed by atoms with van der Waals surface area (Å²) in [6.07, 6.45) is 0. The molecule has 0 saturated heterocycles. The number of nitrogens with one attached hydrogen (secondary N) is 2. The highest BCUT2D eigenvalue weighted by Gasteiger charge is 2.20. The summed E-state index contributed by atoms with van der Waals surface area (Å²) < 4.78 is 1.91. The maximum absolute atomic E-state index is 12.1. The van der Waals surface area contributed by atoms with E-state index in [4.69, 9.17) is 16.9 Å². The smallest absolute Gasteiger partial charge is 0.251 e. The first-order chi connectivity index (χ1) is 13.5. The van der Waals surface area contributed by atoms with Gasteiger partial charge >= 0.3 is 0 Å². The molecule has 28 heavy (non-hydrogen) atoms. The number of aryl methyl sites for hydroxylation is 1. The van der Waals surface area contributed by atoms with Crippen LogP contribution in [0.25, 0.3) is 32.8 Å². The summed E-state index contributed by atoms with van der Waals surface area (Å²) in [5.41, 5.74) is 15.0. The van der Waals surface area contributed by atoms with Crippen LogP contribution in [-0.4, -0.2) is 16.4 Å². The van der Waals surface area contributed by atoms with Gasteiger partial charge in [0.05, 0.1) is 17.8 Å². The van der Waals surface area contributed by atoms with E-state index in [1.807, 2.05) is 54.1 Å². The molecule has 138 valence electrons. The average molecular weight is 369 g/mol. The monoisotopic (exact) mass is 369 g/mol. The van der Waals surface area contributed by atoms with Gasteiger partial charge in [0.1, 0.15) is 0 Å². The van der Waals surface area contributed by atoms with E-state index in [1.165, 1.54) is 0 Å². The van der Waals surface area contributed by atoms with Crippen LogP contribution < -0.4 is 16.8 Å². The molecule has 6 N–H and O–H groups in total. The Morgan fingerprint density at radius 1 is 1.18 bits per heavy atom. The highest BCUT2D eigenvalue weighted by molar-refractivity contribution is 6.09. The SMILES string of the molecule is Cn1c(CNC(=N)N)c(C(N)=O)c2ccc(-c3c#ccc4ccccc34)cc21. The number of nitrogens with zero attached hydrogens (tertiary/aromatic N) is 1. The van der Waals surface area contributed by atoms with Gasteiger partial charge in [-0.15, -0.1) is 0 Å². The van der Waals surface area contributed by atoms with Gasteiger partial charge in [0.2, 0.25) is 0 Å². The number of rotatable bonds is 4. The van der Waals surface area contributed by atoms with Crippen LogP contribution in [0.4, 0.5) is 0 Å². The molecule has 0 bridgehead atoms. The molecule has 6 heteroatoms. The molecule has 6 nitrogen and oxygen atoms in total. The van der Waals surface area contributed by atoms with Gasteiger partial charge < -0.3 is 21.4 Å². The van der Waals surface area contributed by atoms with E-state index in [0.29, 0.717) is 11.3 Å². The Morgan fingerprint density at radius 3 is 2.71 bits per heavy atom. The Morgan fingerprint density at radius 2 is 1.96 bits per heavy atom. The van der Waals surface area contributed by atoms with Crippen LogP contribution in [0, 0.1) is 17.5 Å². The molecular formula is C22H19N5O. The molecule has 3 aromatic carbocycles. The molecular weight excluding hydrogens is 350 g/mol. The van der Waals surface area contributed by atoms with Crippen molar-refractivity contribution in [2.45, 2.75) is 6.54 Å². The van der Waals surface area contributed by atoms with Crippen LogP contribution >= 0.6 is 0 Å². The fourth-order valence-corrected chi connectivity index (χ4v) is 3.64. The van der Waals surface area contributed by atoms with Crippen molar-refractivity contribution in [2.24, 2.45) is 18.5 Å². The number of hydrogen-bond acceptors (Lipinski definition) is 2.